The van der Waals surface area contributed by atoms with Crippen molar-refractivity contribution in [3.05, 3.63) is 5.21 Å². The summed E-state index contributed by atoms with van der Waals surface area (Å²) in [5, 5.41) is 21.5. The van der Waals surface area contributed by atoms with Crippen molar-refractivity contribution >= 4 is 6.09 Å². The standard InChI is InChI=1S/C6H11N2O3/c1-8(11)4-2-7(3-5-8)6(9)10/h2-5H2,1H3. The van der Waals surface area contributed by atoms with Gasteiger partial charge in [-0.25, -0.2) is 9.90 Å². The molecule has 1 aliphatic heterocycles. The Morgan fingerprint density at radius 1 is 1.45 bits per heavy atom. The molecule has 11 heavy (non-hydrogen) atoms. The molecule has 1 saturated heterocycles. The molecule has 5 nitrogen and oxygen atoms in total. The van der Waals surface area contributed by atoms with Crippen LogP contribution in [0.2, 0.25) is 0 Å². The molecular weight excluding hydrogens is 148 g/mol. The van der Waals surface area contributed by atoms with E-state index in [0.29, 0.717) is 26.2 Å². The first-order valence-electron chi connectivity index (χ1n) is 3.53. The van der Waals surface area contributed by atoms with Gasteiger partial charge in [0.25, 0.3) is 0 Å². The highest BCUT2D eigenvalue weighted by Gasteiger charge is 2.24. The number of hydrogen-bond acceptors (Lipinski definition) is 2. The fourth-order valence-corrected chi connectivity index (χ4v) is 1.07. The number of nitrogens with zero attached hydrogens (tertiary/aromatic N) is 2. The van der Waals surface area contributed by atoms with Crippen LogP contribution in [-0.4, -0.2) is 48.9 Å². The van der Waals surface area contributed by atoms with Gasteiger partial charge in [0.15, 0.2) is 0 Å². The summed E-state index contributed by atoms with van der Waals surface area (Å²) in [6.07, 6.45) is -1.18. The second-order valence-corrected chi connectivity index (χ2v) is 3.00. The number of hydrogen-bond donors (Lipinski definition) is 0. The average molecular weight is 159 g/mol. The molecule has 0 aromatic rings. The molecule has 63 valence electrons. The van der Waals surface area contributed by atoms with Crippen LogP contribution in [0.3, 0.4) is 0 Å². The Balaban J connectivity index is 2.42. The first-order valence-corrected chi connectivity index (χ1v) is 3.53. The van der Waals surface area contributed by atoms with Gasteiger partial charge >= 0.3 is 6.09 Å². The van der Waals surface area contributed by atoms with E-state index in [9.17, 15) is 15.1 Å². The lowest BCUT2D eigenvalue weighted by molar-refractivity contribution is -0.864. The Hall–Kier alpha value is -0.810. The minimum atomic E-state index is -1.18. The Bertz CT molecular complexity index is 159. The molecule has 1 heterocycles. The molecule has 0 unspecified atom stereocenters. The van der Waals surface area contributed by atoms with E-state index < -0.39 is 6.09 Å². The molecule has 1 radical (unpaired) electrons. The van der Waals surface area contributed by atoms with Gasteiger partial charge in [0, 0.05) is 0 Å². The summed E-state index contributed by atoms with van der Waals surface area (Å²) in [4.78, 5) is 11.4. The third-order valence-corrected chi connectivity index (χ3v) is 1.94. The van der Waals surface area contributed by atoms with E-state index in [2.05, 4.69) is 0 Å². The molecule has 0 saturated carbocycles. The topological polar surface area (TPSA) is 63.3 Å². The predicted molar refractivity (Wildman–Crippen MR) is 36.9 cm³/mol. The highest BCUT2D eigenvalue weighted by molar-refractivity contribution is 5.64. The minimum Gasteiger partial charge on any atom is -0.633 e. The highest BCUT2D eigenvalue weighted by atomic mass is 16.5. The Labute approximate surface area is 65.0 Å². The van der Waals surface area contributed by atoms with Gasteiger partial charge in [-0.2, -0.15) is 0 Å². The van der Waals surface area contributed by atoms with Gasteiger partial charge in [-0.05, 0) is 0 Å². The quantitative estimate of drug-likeness (QED) is 0.363. The number of hydroxylamine groups is 3. The molecule has 0 spiro atoms. The van der Waals surface area contributed by atoms with Gasteiger partial charge < -0.3 is 9.85 Å². The highest BCUT2D eigenvalue weighted by Crippen LogP contribution is 2.07. The lowest BCUT2D eigenvalue weighted by Crippen LogP contribution is -2.54. The third kappa shape index (κ3) is 2.06. The molecular formula is C6H11N2O3. The van der Waals surface area contributed by atoms with E-state index in [-0.39, 0.29) is 4.65 Å². The summed E-state index contributed by atoms with van der Waals surface area (Å²) in [5.74, 6) is 0. The van der Waals surface area contributed by atoms with Crippen molar-refractivity contribution in [2.24, 2.45) is 0 Å². The summed E-state index contributed by atoms with van der Waals surface area (Å²) in [6, 6.07) is 0. The molecule has 1 fully saturated rings. The maximum absolute atomic E-state index is 11.2. The summed E-state index contributed by atoms with van der Waals surface area (Å²) in [6.45, 7) is 1.24. The van der Waals surface area contributed by atoms with Gasteiger partial charge in [-0.15, -0.1) is 0 Å². The number of rotatable bonds is 0. The van der Waals surface area contributed by atoms with Crippen molar-refractivity contribution in [3.63, 3.8) is 0 Å². The number of carbonyl (C=O) groups excluding carboxylic acids is 1. The Kier molecular flexibility index (Phi) is 2.01. The van der Waals surface area contributed by atoms with E-state index in [1.54, 1.807) is 7.05 Å². The smallest absolute Gasteiger partial charge is 0.453 e. The van der Waals surface area contributed by atoms with Gasteiger partial charge in [0.05, 0.1) is 33.2 Å². The van der Waals surface area contributed by atoms with Crippen LogP contribution in [0.5, 0.6) is 0 Å². The molecule has 5 heteroatoms. The van der Waals surface area contributed by atoms with Crippen LogP contribution in [0.4, 0.5) is 4.79 Å². The predicted octanol–water partition coefficient (Wildman–Crippen LogP) is -0.203. The number of piperazine rings is 1. The summed E-state index contributed by atoms with van der Waals surface area (Å²) in [7, 11) is 1.55. The second kappa shape index (κ2) is 2.67. The van der Waals surface area contributed by atoms with Crippen molar-refractivity contribution in [2.75, 3.05) is 33.2 Å². The largest absolute Gasteiger partial charge is 0.633 e. The van der Waals surface area contributed by atoms with E-state index in [0.717, 1.165) is 4.90 Å². The first-order chi connectivity index (χ1) is 5.01. The van der Waals surface area contributed by atoms with Gasteiger partial charge in [-0.3, -0.25) is 4.90 Å². The monoisotopic (exact) mass is 159 g/mol. The Morgan fingerprint density at radius 2 is 1.91 bits per heavy atom. The van der Waals surface area contributed by atoms with Crippen LogP contribution in [0, 0.1) is 5.21 Å². The number of carbonyl (C=O) groups is 1. The van der Waals surface area contributed by atoms with Gasteiger partial charge in [-0.1, -0.05) is 0 Å². The number of likely N-dealkylation sites (N-methyl/N-ethyl adjacent to an activating group) is 1. The van der Waals surface area contributed by atoms with E-state index in [1.165, 1.54) is 0 Å². The van der Waals surface area contributed by atoms with E-state index in [4.69, 9.17) is 0 Å². The van der Waals surface area contributed by atoms with Crippen molar-refractivity contribution in [1.29, 1.82) is 0 Å². The maximum Gasteiger partial charge on any atom is 0.453 e. The number of amides is 1. The van der Waals surface area contributed by atoms with E-state index in [1.807, 2.05) is 0 Å². The molecule has 0 N–H and O–H groups in total. The lowest BCUT2D eigenvalue weighted by atomic mass is 10.3. The van der Waals surface area contributed by atoms with Gasteiger partial charge in [0.2, 0.25) is 0 Å². The molecule has 1 rings (SSSR count). The normalized spacial score (nSPS) is 23.3. The fraction of sp³-hybridized carbons (Fsp3) is 0.833. The van der Waals surface area contributed by atoms with Crippen LogP contribution in [0.15, 0.2) is 0 Å². The molecule has 0 aromatic carbocycles. The molecule has 1 amide bonds. The number of quaternary nitrogens is 1. The summed E-state index contributed by atoms with van der Waals surface area (Å²) in [5.41, 5.74) is 0. The van der Waals surface area contributed by atoms with Crippen LogP contribution < -0.4 is 0 Å². The zero-order chi connectivity index (χ0) is 8.48. The van der Waals surface area contributed by atoms with Gasteiger partial charge in [0.1, 0.15) is 0 Å². The van der Waals surface area contributed by atoms with Crippen LogP contribution in [-0.2, 0) is 5.11 Å². The average Bonchev–Trinajstić information content (AvgIpc) is 1.86. The zero-order valence-corrected chi connectivity index (χ0v) is 6.45. The van der Waals surface area contributed by atoms with Crippen LogP contribution in [0.25, 0.3) is 0 Å². The third-order valence-electron chi connectivity index (χ3n) is 1.94. The van der Waals surface area contributed by atoms with Crippen molar-refractivity contribution < 1.29 is 14.5 Å². The summed E-state index contributed by atoms with van der Waals surface area (Å²) < 4.78 is -0.343. The maximum atomic E-state index is 11.2. The van der Waals surface area contributed by atoms with Crippen molar-refractivity contribution in [2.45, 2.75) is 0 Å². The second-order valence-electron chi connectivity index (χ2n) is 3.00. The SMILES string of the molecule is C[N+]1([O-])CCN(C([O])=O)CC1. The van der Waals surface area contributed by atoms with E-state index >= 15 is 0 Å². The molecule has 0 aliphatic carbocycles. The molecule has 1 aliphatic rings. The Morgan fingerprint density at radius 3 is 2.27 bits per heavy atom. The minimum absolute atomic E-state index is 0.294. The van der Waals surface area contributed by atoms with Crippen molar-refractivity contribution in [3.8, 4) is 0 Å². The van der Waals surface area contributed by atoms with Crippen molar-refractivity contribution in [1.82, 2.24) is 4.90 Å². The van der Waals surface area contributed by atoms with Crippen LogP contribution in [0.1, 0.15) is 0 Å². The molecule has 0 atom stereocenters. The molecule has 0 bridgehead atoms. The lowest BCUT2D eigenvalue weighted by Gasteiger charge is -2.44. The summed E-state index contributed by atoms with van der Waals surface area (Å²) >= 11 is 0. The fourth-order valence-electron chi connectivity index (χ4n) is 1.07. The van der Waals surface area contributed by atoms with Crippen LogP contribution >= 0.6 is 0 Å². The zero-order valence-electron chi connectivity index (χ0n) is 6.45. The first kappa shape index (κ1) is 8.29. The molecule has 0 aromatic heterocycles.